The summed E-state index contributed by atoms with van der Waals surface area (Å²) in [4.78, 5) is 10.9. The lowest BCUT2D eigenvalue weighted by atomic mass is 10.1. The van der Waals surface area contributed by atoms with Gasteiger partial charge in [-0.3, -0.25) is 4.79 Å². The van der Waals surface area contributed by atoms with E-state index in [1.54, 1.807) is 19.2 Å². The number of hydrogen-bond donors (Lipinski definition) is 1. The number of methoxy groups -OCH3 is 2. The molecule has 1 aromatic rings. The first kappa shape index (κ1) is 14.1. The highest BCUT2D eigenvalue weighted by atomic mass is 16.5. The van der Waals surface area contributed by atoms with Crippen LogP contribution in [0.25, 0.3) is 0 Å². The number of nitrogens with one attached hydrogen (secondary N) is 1. The van der Waals surface area contributed by atoms with Crippen LogP contribution in [0.3, 0.4) is 0 Å². The lowest BCUT2D eigenvalue weighted by Crippen LogP contribution is -2.05. The van der Waals surface area contributed by atoms with Crippen molar-refractivity contribution in [2.24, 2.45) is 0 Å². The van der Waals surface area contributed by atoms with E-state index in [2.05, 4.69) is 17.2 Å². The van der Waals surface area contributed by atoms with Crippen LogP contribution in [0.15, 0.2) is 12.1 Å². The van der Waals surface area contributed by atoms with E-state index in [0.717, 1.165) is 24.8 Å². The Labute approximate surface area is 107 Å². The minimum absolute atomic E-state index is 0.454. The molecular formula is C14H17NO3. The zero-order chi connectivity index (χ0) is 13.4. The van der Waals surface area contributed by atoms with Gasteiger partial charge < -0.3 is 14.8 Å². The summed E-state index contributed by atoms with van der Waals surface area (Å²) in [6, 6.07) is 3.35. The van der Waals surface area contributed by atoms with Crippen molar-refractivity contribution in [3.05, 3.63) is 23.3 Å². The van der Waals surface area contributed by atoms with Gasteiger partial charge >= 0.3 is 0 Å². The molecule has 0 amide bonds. The summed E-state index contributed by atoms with van der Waals surface area (Å²) in [7, 11) is 4.95. The highest BCUT2D eigenvalue weighted by Gasteiger charge is 2.08. The molecule has 0 saturated carbocycles. The highest BCUT2D eigenvalue weighted by Crippen LogP contribution is 2.27. The van der Waals surface area contributed by atoms with E-state index in [-0.39, 0.29) is 0 Å². The van der Waals surface area contributed by atoms with E-state index in [9.17, 15) is 4.79 Å². The van der Waals surface area contributed by atoms with Gasteiger partial charge in [-0.2, -0.15) is 0 Å². The molecule has 0 fully saturated rings. The van der Waals surface area contributed by atoms with Gasteiger partial charge in [-0.1, -0.05) is 11.8 Å². The standard InChI is InChI=1S/C14H17NO3/c1-15-7-5-4-6-11-8-14(18-3)12(10-16)9-13(11)17-2/h8-10,15H,5,7H2,1-3H3. The van der Waals surface area contributed by atoms with Gasteiger partial charge in [-0.15, -0.1) is 0 Å². The predicted molar refractivity (Wildman–Crippen MR) is 70.4 cm³/mol. The van der Waals surface area contributed by atoms with Crippen molar-refractivity contribution >= 4 is 6.29 Å². The molecule has 0 aliphatic carbocycles. The van der Waals surface area contributed by atoms with E-state index < -0.39 is 0 Å². The fraction of sp³-hybridized carbons (Fsp3) is 0.357. The maximum absolute atomic E-state index is 10.9. The lowest BCUT2D eigenvalue weighted by Gasteiger charge is -2.08. The molecule has 18 heavy (non-hydrogen) atoms. The SMILES string of the molecule is CNCCC#Cc1cc(OC)c(C=O)cc1OC. The van der Waals surface area contributed by atoms with Gasteiger partial charge in [0, 0.05) is 19.0 Å². The molecule has 0 radical (unpaired) electrons. The van der Waals surface area contributed by atoms with Gasteiger partial charge in [0.1, 0.15) is 11.5 Å². The first-order valence-electron chi connectivity index (χ1n) is 5.61. The van der Waals surface area contributed by atoms with Crippen LogP contribution in [-0.2, 0) is 0 Å². The number of aldehydes is 1. The summed E-state index contributed by atoms with van der Waals surface area (Å²) in [6.45, 7) is 0.832. The van der Waals surface area contributed by atoms with Crippen LogP contribution in [0.1, 0.15) is 22.3 Å². The predicted octanol–water partition coefficient (Wildman–Crippen LogP) is 1.48. The van der Waals surface area contributed by atoms with Crippen molar-refractivity contribution in [2.45, 2.75) is 6.42 Å². The molecular weight excluding hydrogens is 230 g/mol. The minimum Gasteiger partial charge on any atom is -0.496 e. The van der Waals surface area contributed by atoms with E-state index in [4.69, 9.17) is 9.47 Å². The lowest BCUT2D eigenvalue weighted by molar-refractivity contribution is 0.112. The molecule has 1 N–H and O–H groups in total. The van der Waals surface area contributed by atoms with Crippen molar-refractivity contribution in [1.29, 1.82) is 0 Å². The van der Waals surface area contributed by atoms with Crippen LogP contribution in [0, 0.1) is 11.8 Å². The number of ether oxygens (including phenoxy) is 2. The highest BCUT2D eigenvalue weighted by molar-refractivity contribution is 5.81. The van der Waals surface area contributed by atoms with E-state index in [1.807, 2.05) is 7.05 Å². The third kappa shape index (κ3) is 3.51. The summed E-state index contributed by atoms with van der Waals surface area (Å²) in [6.07, 6.45) is 1.48. The smallest absolute Gasteiger partial charge is 0.153 e. The van der Waals surface area contributed by atoms with Crippen molar-refractivity contribution in [2.75, 3.05) is 27.8 Å². The molecule has 0 spiro atoms. The Morgan fingerprint density at radius 1 is 1.28 bits per heavy atom. The summed E-state index contributed by atoms with van der Waals surface area (Å²) in [5.74, 6) is 7.13. The molecule has 0 unspecified atom stereocenters. The van der Waals surface area contributed by atoms with Crippen LogP contribution >= 0.6 is 0 Å². The van der Waals surface area contributed by atoms with Gasteiger partial charge in [-0.05, 0) is 13.1 Å². The van der Waals surface area contributed by atoms with Gasteiger partial charge in [0.2, 0.25) is 0 Å². The fourth-order valence-corrected chi connectivity index (χ4v) is 1.46. The van der Waals surface area contributed by atoms with Crippen molar-refractivity contribution in [3.8, 4) is 23.3 Å². The molecule has 96 valence electrons. The Hall–Kier alpha value is -1.99. The first-order valence-corrected chi connectivity index (χ1v) is 5.61. The fourth-order valence-electron chi connectivity index (χ4n) is 1.46. The van der Waals surface area contributed by atoms with Crippen LogP contribution in [-0.4, -0.2) is 34.1 Å². The Kier molecular flexibility index (Phi) is 5.75. The number of hydrogen-bond acceptors (Lipinski definition) is 4. The zero-order valence-electron chi connectivity index (χ0n) is 10.9. The van der Waals surface area contributed by atoms with Crippen LogP contribution in [0.4, 0.5) is 0 Å². The molecule has 0 heterocycles. The third-order valence-corrected chi connectivity index (χ3v) is 2.40. The second kappa shape index (κ2) is 7.36. The molecule has 0 saturated heterocycles. The van der Waals surface area contributed by atoms with Gasteiger partial charge in [-0.25, -0.2) is 0 Å². The molecule has 1 aromatic carbocycles. The summed E-state index contributed by atoms with van der Waals surface area (Å²) in [5.41, 5.74) is 1.17. The number of carbonyl (C=O) groups is 1. The Balaban J connectivity index is 3.08. The maximum Gasteiger partial charge on any atom is 0.153 e. The topological polar surface area (TPSA) is 47.6 Å². The Morgan fingerprint density at radius 3 is 2.56 bits per heavy atom. The summed E-state index contributed by atoms with van der Waals surface area (Å²) < 4.78 is 10.3. The molecule has 0 aliphatic rings. The quantitative estimate of drug-likeness (QED) is 0.486. The molecule has 0 aromatic heterocycles. The third-order valence-electron chi connectivity index (χ3n) is 2.40. The van der Waals surface area contributed by atoms with E-state index >= 15 is 0 Å². The summed E-state index contributed by atoms with van der Waals surface area (Å²) >= 11 is 0. The normalized spacial score (nSPS) is 9.28. The molecule has 0 aliphatic heterocycles. The average molecular weight is 247 g/mol. The largest absolute Gasteiger partial charge is 0.496 e. The van der Waals surface area contributed by atoms with Crippen LogP contribution < -0.4 is 14.8 Å². The molecule has 0 atom stereocenters. The second-order valence-electron chi connectivity index (χ2n) is 3.57. The number of benzene rings is 1. The van der Waals surface area contributed by atoms with Crippen molar-refractivity contribution in [1.82, 2.24) is 5.32 Å². The first-order chi connectivity index (χ1) is 8.76. The maximum atomic E-state index is 10.9. The van der Waals surface area contributed by atoms with Gasteiger partial charge in [0.05, 0.1) is 25.3 Å². The van der Waals surface area contributed by atoms with E-state index in [1.165, 1.54) is 7.11 Å². The summed E-state index contributed by atoms with van der Waals surface area (Å²) in [5, 5.41) is 3.02. The Morgan fingerprint density at radius 2 is 2.00 bits per heavy atom. The molecule has 4 heteroatoms. The van der Waals surface area contributed by atoms with Crippen molar-refractivity contribution < 1.29 is 14.3 Å². The van der Waals surface area contributed by atoms with Crippen molar-refractivity contribution in [3.63, 3.8) is 0 Å². The van der Waals surface area contributed by atoms with E-state index in [0.29, 0.717) is 17.1 Å². The second-order valence-corrected chi connectivity index (χ2v) is 3.57. The molecule has 4 nitrogen and oxygen atoms in total. The Bertz CT molecular complexity index is 472. The van der Waals surface area contributed by atoms with Crippen LogP contribution in [0.5, 0.6) is 11.5 Å². The number of carbonyl (C=O) groups excluding carboxylic acids is 1. The van der Waals surface area contributed by atoms with Gasteiger partial charge in [0.15, 0.2) is 6.29 Å². The monoisotopic (exact) mass is 247 g/mol. The number of rotatable bonds is 5. The van der Waals surface area contributed by atoms with Gasteiger partial charge in [0.25, 0.3) is 0 Å². The molecule has 0 bridgehead atoms. The minimum atomic E-state index is 0.454. The molecule has 1 rings (SSSR count). The average Bonchev–Trinajstić information content (AvgIpc) is 2.42. The van der Waals surface area contributed by atoms with Crippen LogP contribution in [0.2, 0.25) is 0 Å². The zero-order valence-corrected chi connectivity index (χ0v) is 10.9.